The molecule has 1 saturated carbocycles. The molecule has 0 unspecified atom stereocenters. The van der Waals surface area contributed by atoms with Gasteiger partial charge in [0, 0.05) is 17.4 Å². The number of amides is 2. The van der Waals surface area contributed by atoms with Crippen molar-refractivity contribution in [3.8, 4) is 0 Å². The summed E-state index contributed by atoms with van der Waals surface area (Å²) in [6.07, 6.45) is 4.61. The third kappa shape index (κ3) is 4.57. The second kappa shape index (κ2) is 7.16. The minimum atomic E-state index is -0.475. The van der Waals surface area contributed by atoms with Crippen molar-refractivity contribution in [2.45, 2.75) is 51.9 Å². The topological polar surface area (TPSA) is 58.2 Å². The fourth-order valence-electron chi connectivity index (χ4n) is 3.17. The molecule has 1 aliphatic carbocycles. The quantitative estimate of drug-likeness (QED) is 0.877. The zero-order valence-electron chi connectivity index (χ0n) is 14.4. The highest BCUT2D eigenvalue weighted by molar-refractivity contribution is 5.87. The molecule has 23 heavy (non-hydrogen) atoms. The highest BCUT2D eigenvalue weighted by atomic mass is 16.2. The molecule has 2 N–H and O–H groups in total. The maximum Gasteiger partial charge on any atom is 0.239 e. The van der Waals surface area contributed by atoms with Crippen LogP contribution in [-0.2, 0) is 15.0 Å². The maximum absolute atomic E-state index is 12.1. The van der Waals surface area contributed by atoms with Crippen molar-refractivity contribution in [2.24, 2.45) is 5.41 Å². The molecule has 1 aromatic rings. The van der Waals surface area contributed by atoms with E-state index < -0.39 is 5.41 Å². The highest BCUT2D eigenvalue weighted by Gasteiger charge is 2.35. The first-order valence-electron chi connectivity index (χ1n) is 8.44. The summed E-state index contributed by atoms with van der Waals surface area (Å²) in [6, 6.07) is 10.4. The van der Waals surface area contributed by atoms with Crippen LogP contribution in [0, 0.1) is 5.41 Å². The lowest BCUT2D eigenvalue weighted by Gasteiger charge is -2.30. The molecular weight excluding hydrogens is 288 g/mol. The average molecular weight is 316 g/mol. The third-order valence-corrected chi connectivity index (χ3v) is 4.66. The Balaban J connectivity index is 1.90. The minimum Gasteiger partial charge on any atom is -0.354 e. The summed E-state index contributed by atoms with van der Waals surface area (Å²) in [6.45, 7) is 6.19. The van der Waals surface area contributed by atoms with E-state index in [1.165, 1.54) is 18.4 Å². The Morgan fingerprint density at radius 2 is 1.65 bits per heavy atom. The van der Waals surface area contributed by atoms with Crippen molar-refractivity contribution >= 4 is 11.8 Å². The Hall–Kier alpha value is -1.84. The van der Waals surface area contributed by atoms with Gasteiger partial charge < -0.3 is 10.6 Å². The van der Waals surface area contributed by atoms with E-state index in [4.69, 9.17) is 0 Å². The van der Waals surface area contributed by atoms with Crippen molar-refractivity contribution in [2.75, 3.05) is 13.1 Å². The van der Waals surface area contributed by atoms with Crippen LogP contribution in [0.5, 0.6) is 0 Å². The van der Waals surface area contributed by atoms with Crippen LogP contribution in [0.1, 0.15) is 52.0 Å². The summed E-state index contributed by atoms with van der Waals surface area (Å²) in [4.78, 5) is 23.9. The van der Waals surface area contributed by atoms with Crippen LogP contribution in [0.2, 0.25) is 0 Å². The lowest BCUT2D eigenvalue weighted by molar-refractivity contribution is -0.131. The van der Waals surface area contributed by atoms with E-state index in [0.29, 0.717) is 6.54 Å². The van der Waals surface area contributed by atoms with Gasteiger partial charge in [0.25, 0.3) is 0 Å². The van der Waals surface area contributed by atoms with Gasteiger partial charge in [0.1, 0.15) is 0 Å². The molecular formula is C19H28N2O2. The van der Waals surface area contributed by atoms with E-state index in [-0.39, 0.29) is 23.8 Å². The molecule has 2 rings (SSSR count). The molecule has 2 amide bonds. The van der Waals surface area contributed by atoms with Crippen LogP contribution in [0.3, 0.4) is 0 Å². The number of hydrogen-bond acceptors (Lipinski definition) is 2. The van der Waals surface area contributed by atoms with Gasteiger partial charge in [0.2, 0.25) is 11.8 Å². The van der Waals surface area contributed by atoms with E-state index in [2.05, 4.69) is 34.9 Å². The van der Waals surface area contributed by atoms with E-state index in [9.17, 15) is 9.59 Å². The smallest absolute Gasteiger partial charge is 0.239 e. The van der Waals surface area contributed by atoms with Crippen molar-refractivity contribution in [1.29, 1.82) is 0 Å². The molecule has 4 heteroatoms. The normalized spacial score (nSPS) is 16.8. The van der Waals surface area contributed by atoms with Crippen molar-refractivity contribution in [1.82, 2.24) is 10.6 Å². The molecule has 0 saturated heterocycles. The number of carbonyl (C=O) groups excluding carboxylic acids is 2. The van der Waals surface area contributed by atoms with Gasteiger partial charge in [-0.3, -0.25) is 9.59 Å². The van der Waals surface area contributed by atoms with E-state index in [0.717, 1.165) is 12.8 Å². The lowest BCUT2D eigenvalue weighted by Crippen LogP contribution is -2.45. The van der Waals surface area contributed by atoms with Gasteiger partial charge in [-0.2, -0.15) is 0 Å². The zero-order valence-corrected chi connectivity index (χ0v) is 14.4. The van der Waals surface area contributed by atoms with Crippen molar-refractivity contribution in [3.63, 3.8) is 0 Å². The lowest BCUT2D eigenvalue weighted by atomic mass is 9.79. The van der Waals surface area contributed by atoms with Gasteiger partial charge in [-0.15, -0.1) is 0 Å². The van der Waals surface area contributed by atoms with Gasteiger partial charge in [-0.1, -0.05) is 63.9 Å². The predicted octanol–water partition coefficient (Wildman–Crippen LogP) is 2.78. The number of carbonyl (C=O) groups is 2. The number of nitrogens with one attached hydrogen (secondary N) is 2. The van der Waals surface area contributed by atoms with Crippen molar-refractivity contribution in [3.05, 3.63) is 35.9 Å². The van der Waals surface area contributed by atoms with Gasteiger partial charge in [-0.25, -0.2) is 0 Å². The van der Waals surface area contributed by atoms with Crippen LogP contribution in [0.15, 0.2) is 30.3 Å². The van der Waals surface area contributed by atoms with E-state index in [1.54, 1.807) is 0 Å². The van der Waals surface area contributed by atoms with E-state index in [1.807, 2.05) is 26.8 Å². The zero-order chi connectivity index (χ0) is 16.9. The first-order valence-corrected chi connectivity index (χ1v) is 8.44. The van der Waals surface area contributed by atoms with Gasteiger partial charge in [0.05, 0.1) is 6.54 Å². The van der Waals surface area contributed by atoms with Gasteiger partial charge >= 0.3 is 0 Å². The average Bonchev–Trinajstić information content (AvgIpc) is 3.00. The van der Waals surface area contributed by atoms with Crippen molar-refractivity contribution < 1.29 is 9.59 Å². The van der Waals surface area contributed by atoms with Crippen LogP contribution < -0.4 is 10.6 Å². The van der Waals surface area contributed by atoms with Crippen LogP contribution in [-0.4, -0.2) is 24.9 Å². The Morgan fingerprint density at radius 1 is 1.04 bits per heavy atom. The molecule has 126 valence electrons. The monoisotopic (exact) mass is 316 g/mol. The third-order valence-electron chi connectivity index (χ3n) is 4.66. The van der Waals surface area contributed by atoms with Gasteiger partial charge in [-0.05, 0) is 18.4 Å². The van der Waals surface area contributed by atoms with Gasteiger partial charge in [0.15, 0.2) is 0 Å². The Kier molecular flexibility index (Phi) is 5.45. The Morgan fingerprint density at radius 3 is 2.22 bits per heavy atom. The first-order chi connectivity index (χ1) is 10.8. The van der Waals surface area contributed by atoms with Crippen LogP contribution in [0.25, 0.3) is 0 Å². The molecule has 0 bridgehead atoms. The number of rotatable bonds is 5. The SMILES string of the molecule is CC(C)(C)C(=O)NCC(=O)NCC1(c2ccccc2)CCCC1. The number of benzene rings is 1. The molecule has 0 atom stereocenters. The molecule has 0 radical (unpaired) electrons. The summed E-state index contributed by atoms with van der Waals surface area (Å²) in [7, 11) is 0. The summed E-state index contributed by atoms with van der Waals surface area (Å²) in [5, 5.41) is 5.72. The summed E-state index contributed by atoms with van der Waals surface area (Å²) >= 11 is 0. The van der Waals surface area contributed by atoms with Crippen LogP contribution in [0.4, 0.5) is 0 Å². The highest BCUT2D eigenvalue weighted by Crippen LogP contribution is 2.40. The molecule has 0 spiro atoms. The van der Waals surface area contributed by atoms with Crippen LogP contribution >= 0.6 is 0 Å². The first kappa shape index (κ1) is 17.5. The molecule has 1 fully saturated rings. The molecule has 0 aromatic heterocycles. The molecule has 1 aliphatic rings. The molecule has 4 nitrogen and oxygen atoms in total. The Labute approximate surface area is 139 Å². The summed E-state index contributed by atoms with van der Waals surface area (Å²) in [5.74, 6) is -0.226. The maximum atomic E-state index is 12.1. The second-order valence-electron chi connectivity index (χ2n) is 7.56. The standard InChI is InChI=1S/C19H28N2O2/c1-18(2,3)17(23)20-13-16(22)21-14-19(11-7-8-12-19)15-9-5-4-6-10-15/h4-6,9-10H,7-8,11-14H2,1-3H3,(H,20,23)(H,21,22). The number of hydrogen-bond donors (Lipinski definition) is 2. The molecule has 0 heterocycles. The summed E-state index contributed by atoms with van der Waals surface area (Å²) < 4.78 is 0. The predicted molar refractivity (Wildman–Crippen MR) is 92.1 cm³/mol. The Bertz CT molecular complexity index is 540. The molecule has 1 aromatic carbocycles. The largest absolute Gasteiger partial charge is 0.354 e. The fraction of sp³-hybridized carbons (Fsp3) is 0.579. The molecule has 0 aliphatic heterocycles. The minimum absolute atomic E-state index is 0.0426. The van der Waals surface area contributed by atoms with E-state index >= 15 is 0 Å². The fourth-order valence-corrected chi connectivity index (χ4v) is 3.17. The summed E-state index contributed by atoms with van der Waals surface area (Å²) in [5.41, 5.74) is 0.874. The second-order valence-corrected chi connectivity index (χ2v) is 7.56.